The molecule has 6 rings (SSSR count). The first-order valence-electron chi connectivity index (χ1n) is 13.1. The van der Waals surface area contributed by atoms with Gasteiger partial charge in [0.2, 0.25) is 0 Å². The van der Waals surface area contributed by atoms with E-state index >= 15 is 0 Å². The molecule has 0 bridgehead atoms. The van der Waals surface area contributed by atoms with Gasteiger partial charge in [-0.05, 0) is 84.0 Å². The van der Waals surface area contributed by atoms with E-state index in [0.717, 1.165) is 37.6 Å². The number of aromatic nitrogens is 1. The number of hydrogen-bond acceptors (Lipinski definition) is 6. The third kappa shape index (κ3) is 4.59. The molecule has 2 heterocycles. The Hall–Kier alpha value is -3.94. The van der Waals surface area contributed by atoms with Crippen LogP contribution in [0.2, 0.25) is 0 Å². The summed E-state index contributed by atoms with van der Waals surface area (Å²) in [6, 6.07) is 26.0. The maximum atomic E-state index is 14.2. The molecule has 40 heavy (non-hydrogen) atoms. The summed E-state index contributed by atoms with van der Waals surface area (Å²) in [7, 11) is 0. The average molecular weight is 565 g/mol. The van der Waals surface area contributed by atoms with Crippen molar-refractivity contribution < 1.29 is 9.53 Å². The third-order valence-electron chi connectivity index (χ3n) is 7.10. The van der Waals surface area contributed by atoms with Crippen LogP contribution in [-0.4, -0.2) is 22.9 Å². The summed E-state index contributed by atoms with van der Waals surface area (Å²) in [5, 5.41) is 4.38. The maximum Gasteiger partial charge on any atom is 0.338 e. The first-order chi connectivity index (χ1) is 19.4. The fraction of sp³-hybridized carbons (Fsp3) is 0.182. The normalized spacial score (nSPS) is 15.5. The average Bonchev–Trinajstić information content (AvgIpc) is 3.25. The van der Waals surface area contributed by atoms with Gasteiger partial charge >= 0.3 is 5.97 Å². The standard InChI is InChI=1S/C33H28N2O3S2/c1-19(2)38-32(37)29-20(3)34-33-35(30(29)21-13-15-24(39-4)16-14-21)31(36)28(40-33)18-27-25-11-7-5-9-22(25)17-23-10-6-8-12-26(23)27/h5-19,30H,1-4H3/b28-18-/t30-/m1/s1. The van der Waals surface area contributed by atoms with Crippen molar-refractivity contribution in [2.45, 2.75) is 37.8 Å². The van der Waals surface area contributed by atoms with Crippen LogP contribution in [0.4, 0.5) is 0 Å². The quantitative estimate of drug-likeness (QED) is 0.145. The van der Waals surface area contributed by atoms with Crippen LogP contribution >= 0.6 is 23.1 Å². The van der Waals surface area contributed by atoms with Crippen molar-refractivity contribution in [3.63, 3.8) is 0 Å². The molecule has 5 nitrogen and oxygen atoms in total. The fourth-order valence-electron chi connectivity index (χ4n) is 5.30. The monoisotopic (exact) mass is 564 g/mol. The highest BCUT2D eigenvalue weighted by Crippen LogP contribution is 2.32. The summed E-state index contributed by atoms with van der Waals surface area (Å²) in [4.78, 5) is 34.0. The van der Waals surface area contributed by atoms with Crippen LogP contribution in [-0.2, 0) is 9.53 Å². The molecule has 0 radical (unpaired) electrons. The Morgan fingerprint density at radius 3 is 2.23 bits per heavy atom. The van der Waals surface area contributed by atoms with E-state index in [4.69, 9.17) is 9.73 Å². The zero-order valence-corrected chi connectivity index (χ0v) is 24.3. The van der Waals surface area contributed by atoms with E-state index < -0.39 is 12.0 Å². The molecule has 4 aromatic carbocycles. The predicted octanol–water partition coefficient (Wildman–Crippen LogP) is 6.22. The summed E-state index contributed by atoms with van der Waals surface area (Å²) in [5.41, 5.74) is 2.61. The number of nitrogens with zero attached hydrogens (tertiary/aromatic N) is 2. The van der Waals surface area contributed by atoms with Gasteiger partial charge in [-0.1, -0.05) is 72.0 Å². The van der Waals surface area contributed by atoms with Gasteiger partial charge in [-0.25, -0.2) is 9.79 Å². The highest BCUT2D eigenvalue weighted by Gasteiger charge is 2.33. The van der Waals surface area contributed by atoms with Crippen LogP contribution in [0.15, 0.2) is 105 Å². The Balaban J connectivity index is 1.62. The highest BCUT2D eigenvalue weighted by molar-refractivity contribution is 7.98. The second-order valence-corrected chi connectivity index (χ2v) is 11.9. The molecule has 5 aromatic rings. The highest BCUT2D eigenvalue weighted by atomic mass is 32.2. The molecule has 0 saturated carbocycles. The van der Waals surface area contributed by atoms with Gasteiger partial charge in [0, 0.05) is 4.90 Å². The zero-order chi connectivity index (χ0) is 28.0. The molecule has 7 heteroatoms. The van der Waals surface area contributed by atoms with Crippen LogP contribution < -0.4 is 14.9 Å². The first-order valence-corrected chi connectivity index (χ1v) is 15.2. The van der Waals surface area contributed by atoms with Crippen LogP contribution in [0, 0.1) is 0 Å². The molecule has 0 unspecified atom stereocenters. The molecule has 0 saturated heterocycles. The SMILES string of the molecule is CSc1ccc([C@@H]2C(C(=O)OC(C)C)=C(C)N=c3s/c(=C\c4c5ccccc5cc5ccccc45)c(=O)n32)cc1. The molecule has 0 aliphatic carbocycles. The van der Waals surface area contributed by atoms with Crippen LogP contribution in [0.5, 0.6) is 0 Å². The number of thiazole rings is 1. The van der Waals surface area contributed by atoms with E-state index in [1.54, 1.807) is 16.3 Å². The van der Waals surface area contributed by atoms with Gasteiger partial charge in [-0.15, -0.1) is 11.8 Å². The Labute approximate surface area is 240 Å². The minimum atomic E-state index is -0.634. The van der Waals surface area contributed by atoms with Gasteiger partial charge in [0.15, 0.2) is 4.80 Å². The second-order valence-electron chi connectivity index (χ2n) is 10.0. The van der Waals surface area contributed by atoms with Gasteiger partial charge in [0.05, 0.1) is 27.9 Å². The maximum absolute atomic E-state index is 14.2. The Bertz CT molecular complexity index is 1950. The Morgan fingerprint density at radius 1 is 1.00 bits per heavy atom. The van der Waals surface area contributed by atoms with Crippen molar-refractivity contribution in [1.29, 1.82) is 0 Å². The molecular weight excluding hydrogens is 537 g/mol. The number of thioether (sulfide) groups is 1. The molecule has 1 aromatic heterocycles. The topological polar surface area (TPSA) is 60.7 Å². The van der Waals surface area contributed by atoms with Gasteiger partial charge in [0.25, 0.3) is 5.56 Å². The molecular formula is C33H28N2O3S2. The minimum Gasteiger partial charge on any atom is -0.459 e. The lowest BCUT2D eigenvalue weighted by Gasteiger charge is -2.25. The molecule has 1 aliphatic rings. The van der Waals surface area contributed by atoms with Crippen molar-refractivity contribution in [3.05, 3.63) is 121 Å². The Morgan fingerprint density at radius 2 is 1.62 bits per heavy atom. The molecule has 0 N–H and O–H groups in total. The number of benzene rings is 4. The minimum absolute atomic E-state index is 0.179. The summed E-state index contributed by atoms with van der Waals surface area (Å²) in [6.07, 6.45) is 3.70. The summed E-state index contributed by atoms with van der Waals surface area (Å²) in [6.45, 7) is 5.45. The number of carbonyl (C=O) groups is 1. The van der Waals surface area contributed by atoms with Crippen LogP contribution in [0.1, 0.15) is 37.9 Å². The van der Waals surface area contributed by atoms with Crippen molar-refractivity contribution in [3.8, 4) is 0 Å². The van der Waals surface area contributed by atoms with E-state index in [0.29, 0.717) is 20.6 Å². The first kappa shape index (κ1) is 26.3. The molecule has 0 amide bonds. The van der Waals surface area contributed by atoms with Gasteiger partial charge < -0.3 is 4.74 Å². The smallest absolute Gasteiger partial charge is 0.338 e. The van der Waals surface area contributed by atoms with Gasteiger partial charge in [-0.2, -0.15) is 0 Å². The van der Waals surface area contributed by atoms with E-state index in [1.165, 1.54) is 11.3 Å². The van der Waals surface area contributed by atoms with E-state index in [-0.39, 0.29) is 11.7 Å². The number of hydrogen-bond donors (Lipinski definition) is 0. The number of ether oxygens (including phenoxy) is 1. The zero-order valence-electron chi connectivity index (χ0n) is 22.7. The molecule has 0 spiro atoms. The lowest BCUT2D eigenvalue weighted by molar-refractivity contribution is -0.143. The molecule has 1 atom stereocenters. The second kappa shape index (κ2) is 10.6. The lowest BCUT2D eigenvalue weighted by Crippen LogP contribution is -2.40. The van der Waals surface area contributed by atoms with Crippen molar-refractivity contribution >= 4 is 56.7 Å². The third-order valence-corrected chi connectivity index (χ3v) is 8.83. The number of carbonyl (C=O) groups excluding carboxylic acids is 1. The number of rotatable bonds is 5. The van der Waals surface area contributed by atoms with E-state index in [9.17, 15) is 9.59 Å². The van der Waals surface area contributed by atoms with Gasteiger partial charge in [0.1, 0.15) is 0 Å². The van der Waals surface area contributed by atoms with Gasteiger partial charge in [-0.3, -0.25) is 9.36 Å². The van der Waals surface area contributed by atoms with Crippen LogP contribution in [0.25, 0.3) is 27.6 Å². The molecule has 0 fully saturated rings. The number of fused-ring (bicyclic) bond motifs is 3. The summed E-state index contributed by atoms with van der Waals surface area (Å²) >= 11 is 2.99. The van der Waals surface area contributed by atoms with E-state index in [2.05, 4.69) is 30.3 Å². The molecule has 200 valence electrons. The number of esters is 1. The fourth-order valence-corrected chi connectivity index (χ4v) is 6.73. The summed E-state index contributed by atoms with van der Waals surface area (Å²) in [5.74, 6) is -0.454. The largest absolute Gasteiger partial charge is 0.459 e. The van der Waals surface area contributed by atoms with Crippen molar-refractivity contribution in [2.75, 3.05) is 6.26 Å². The number of allylic oxidation sites excluding steroid dienone is 1. The van der Waals surface area contributed by atoms with Crippen molar-refractivity contribution in [1.82, 2.24) is 4.57 Å². The molecule has 1 aliphatic heterocycles. The van der Waals surface area contributed by atoms with Crippen LogP contribution in [0.3, 0.4) is 0 Å². The lowest BCUT2D eigenvalue weighted by atomic mass is 9.95. The predicted molar refractivity (Wildman–Crippen MR) is 165 cm³/mol. The van der Waals surface area contributed by atoms with Crippen molar-refractivity contribution in [2.24, 2.45) is 4.99 Å². The van der Waals surface area contributed by atoms with E-state index in [1.807, 2.05) is 81.6 Å². The summed E-state index contributed by atoms with van der Waals surface area (Å²) < 4.78 is 7.85. The Kier molecular flexibility index (Phi) is 6.94.